The number of unbranched alkanes of at least 4 members (excludes halogenated alkanes) is 1. The number of amides is 1. The molecular weight excluding hydrogens is 422 g/mol. The third-order valence-corrected chi connectivity index (χ3v) is 4.47. The fraction of sp³-hybridized carbons (Fsp3) is 0.318. The van der Waals surface area contributed by atoms with Crippen LogP contribution in [0.25, 0.3) is 5.70 Å². The molecule has 0 heterocycles. The van der Waals surface area contributed by atoms with E-state index >= 15 is 0 Å². The number of benzene rings is 2. The van der Waals surface area contributed by atoms with Crippen molar-refractivity contribution in [3.05, 3.63) is 76.9 Å². The van der Waals surface area contributed by atoms with Gasteiger partial charge in [-0.1, -0.05) is 38.1 Å². The van der Waals surface area contributed by atoms with Crippen LogP contribution >= 0.6 is 0 Å². The van der Waals surface area contributed by atoms with Crippen LogP contribution in [0.5, 0.6) is 0 Å². The molecule has 3 nitrogen and oxygen atoms in total. The number of hydrogen-bond acceptors (Lipinski definition) is 2. The molecule has 0 spiro atoms. The van der Waals surface area contributed by atoms with E-state index in [0.29, 0.717) is 29.8 Å². The first kappa shape index (κ1) is 24.3. The molecule has 0 unspecified atom stereocenters. The van der Waals surface area contributed by atoms with Gasteiger partial charge < -0.3 is 10.6 Å². The zero-order valence-corrected chi connectivity index (χ0v) is 16.8. The van der Waals surface area contributed by atoms with Gasteiger partial charge in [-0.2, -0.15) is 26.3 Å². The standard InChI is InChI=1S/C22H22F6N2O/c1-3-4-9-29-20(31)19-8-6-5-7-18(19)14(2)30-13-15-10-16(21(23,24)25)12-17(11-15)22(26,27)28/h5-8,10-12,30H,2-4,9,13H2,1H3,(H,29,31). The minimum absolute atomic E-state index is 0.0776. The molecule has 2 aromatic carbocycles. The van der Waals surface area contributed by atoms with Crippen molar-refractivity contribution in [3.8, 4) is 0 Å². The molecule has 0 bridgehead atoms. The SMILES string of the molecule is C=C(NCc1cc(C(F)(F)F)cc(C(F)(F)F)c1)c1ccccc1C(=O)NCCCC. The van der Waals surface area contributed by atoms with Crippen LogP contribution in [0.2, 0.25) is 0 Å². The molecule has 31 heavy (non-hydrogen) atoms. The van der Waals surface area contributed by atoms with Gasteiger partial charge >= 0.3 is 12.4 Å². The summed E-state index contributed by atoms with van der Waals surface area (Å²) in [6.07, 6.45) is -8.15. The van der Waals surface area contributed by atoms with Crippen LogP contribution in [0.1, 0.15) is 52.4 Å². The van der Waals surface area contributed by atoms with Crippen molar-refractivity contribution >= 4 is 11.6 Å². The Labute approximate surface area is 176 Å². The molecule has 168 valence electrons. The van der Waals surface area contributed by atoms with Gasteiger partial charge in [0.05, 0.1) is 11.1 Å². The van der Waals surface area contributed by atoms with E-state index in [-0.39, 0.29) is 29.8 Å². The van der Waals surface area contributed by atoms with E-state index in [9.17, 15) is 31.1 Å². The van der Waals surface area contributed by atoms with E-state index in [0.717, 1.165) is 12.8 Å². The monoisotopic (exact) mass is 444 g/mol. The average molecular weight is 444 g/mol. The van der Waals surface area contributed by atoms with Crippen molar-refractivity contribution in [2.24, 2.45) is 0 Å². The Morgan fingerprint density at radius 1 is 0.903 bits per heavy atom. The lowest BCUT2D eigenvalue weighted by Crippen LogP contribution is -2.26. The van der Waals surface area contributed by atoms with Gasteiger partial charge in [0.1, 0.15) is 0 Å². The van der Waals surface area contributed by atoms with Crippen molar-refractivity contribution in [1.82, 2.24) is 10.6 Å². The second-order valence-corrected chi connectivity index (χ2v) is 6.90. The normalized spacial score (nSPS) is 11.8. The average Bonchev–Trinajstić information content (AvgIpc) is 2.70. The number of rotatable bonds is 8. The number of carbonyl (C=O) groups is 1. The molecule has 0 aliphatic heterocycles. The third kappa shape index (κ3) is 6.77. The van der Waals surface area contributed by atoms with Gasteiger partial charge in [-0.05, 0) is 36.2 Å². The third-order valence-electron chi connectivity index (χ3n) is 4.47. The zero-order valence-electron chi connectivity index (χ0n) is 16.8. The van der Waals surface area contributed by atoms with Crippen LogP contribution in [-0.4, -0.2) is 12.5 Å². The first-order valence-electron chi connectivity index (χ1n) is 9.52. The molecule has 0 atom stereocenters. The number of alkyl halides is 6. The largest absolute Gasteiger partial charge is 0.416 e. The molecule has 2 N–H and O–H groups in total. The first-order valence-corrected chi connectivity index (χ1v) is 9.52. The van der Waals surface area contributed by atoms with Gasteiger partial charge in [-0.3, -0.25) is 4.79 Å². The zero-order chi connectivity index (χ0) is 23.2. The fourth-order valence-corrected chi connectivity index (χ4v) is 2.84. The summed E-state index contributed by atoms with van der Waals surface area (Å²) in [5, 5.41) is 5.49. The van der Waals surface area contributed by atoms with Gasteiger partial charge in [0.25, 0.3) is 5.91 Å². The molecule has 0 fully saturated rings. The summed E-state index contributed by atoms with van der Waals surface area (Å²) in [5.41, 5.74) is -2.09. The Balaban J connectivity index is 2.22. The summed E-state index contributed by atoms with van der Waals surface area (Å²) in [5.74, 6) is -0.342. The highest BCUT2D eigenvalue weighted by Gasteiger charge is 2.36. The number of nitrogens with one attached hydrogen (secondary N) is 2. The van der Waals surface area contributed by atoms with Gasteiger partial charge in [-0.15, -0.1) is 0 Å². The van der Waals surface area contributed by atoms with Gasteiger partial charge in [0.2, 0.25) is 0 Å². The summed E-state index contributed by atoms with van der Waals surface area (Å²) >= 11 is 0. The smallest absolute Gasteiger partial charge is 0.381 e. The topological polar surface area (TPSA) is 41.1 Å². The minimum atomic E-state index is -4.92. The van der Waals surface area contributed by atoms with E-state index < -0.39 is 23.5 Å². The summed E-state index contributed by atoms with van der Waals surface area (Å²) < 4.78 is 78.1. The van der Waals surface area contributed by atoms with E-state index in [1.54, 1.807) is 24.3 Å². The van der Waals surface area contributed by atoms with Crippen molar-refractivity contribution in [2.45, 2.75) is 38.7 Å². The summed E-state index contributed by atoms with van der Waals surface area (Å²) in [6, 6.07) is 7.84. The molecule has 9 heteroatoms. The molecule has 2 rings (SSSR count). The highest BCUT2D eigenvalue weighted by molar-refractivity contribution is 5.98. The minimum Gasteiger partial charge on any atom is -0.381 e. The molecule has 0 aliphatic carbocycles. The van der Waals surface area contributed by atoms with Gasteiger partial charge in [-0.25, -0.2) is 0 Å². The molecule has 0 aromatic heterocycles. The van der Waals surface area contributed by atoms with Crippen LogP contribution in [0, 0.1) is 0 Å². The molecule has 0 radical (unpaired) electrons. The summed E-state index contributed by atoms with van der Waals surface area (Å²) in [7, 11) is 0. The molecule has 2 aromatic rings. The second kappa shape index (κ2) is 9.89. The quantitative estimate of drug-likeness (QED) is 0.387. The Bertz CT molecular complexity index is 902. The molecule has 0 saturated heterocycles. The maximum absolute atomic E-state index is 13.0. The van der Waals surface area contributed by atoms with E-state index in [1.165, 1.54) is 0 Å². The van der Waals surface area contributed by atoms with Gasteiger partial charge in [0.15, 0.2) is 0 Å². The van der Waals surface area contributed by atoms with Crippen LogP contribution in [0.15, 0.2) is 49.0 Å². The Kier molecular flexibility index (Phi) is 7.75. The van der Waals surface area contributed by atoms with E-state index in [4.69, 9.17) is 0 Å². The van der Waals surface area contributed by atoms with Crippen LogP contribution in [-0.2, 0) is 18.9 Å². The van der Waals surface area contributed by atoms with Crippen molar-refractivity contribution in [3.63, 3.8) is 0 Å². The van der Waals surface area contributed by atoms with Crippen LogP contribution in [0.3, 0.4) is 0 Å². The lowest BCUT2D eigenvalue weighted by atomic mass is 10.0. The first-order chi connectivity index (χ1) is 14.4. The van der Waals surface area contributed by atoms with Crippen molar-refractivity contribution in [1.29, 1.82) is 0 Å². The lowest BCUT2D eigenvalue weighted by Gasteiger charge is -2.17. The number of hydrogen-bond donors (Lipinski definition) is 2. The van der Waals surface area contributed by atoms with Crippen molar-refractivity contribution < 1.29 is 31.1 Å². The van der Waals surface area contributed by atoms with Crippen LogP contribution in [0.4, 0.5) is 26.3 Å². The molecular formula is C22H22F6N2O. The Hall–Kier alpha value is -2.97. The van der Waals surface area contributed by atoms with Crippen LogP contribution < -0.4 is 10.6 Å². The van der Waals surface area contributed by atoms with E-state index in [2.05, 4.69) is 17.2 Å². The lowest BCUT2D eigenvalue weighted by molar-refractivity contribution is -0.143. The maximum atomic E-state index is 13.0. The molecule has 0 aliphatic rings. The Morgan fingerprint density at radius 3 is 1.97 bits per heavy atom. The Morgan fingerprint density at radius 2 is 1.45 bits per heavy atom. The van der Waals surface area contributed by atoms with E-state index in [1.807, 2.05) is 6.92 Å². The second-order valence-electron chi connectivity index (χ2n) is 6.90. The molecule has 1 amide bonds. The predicted molar refractivity (Wildman–Crippen MR) is 106 cm³/mol. The molecule has 0 saturated carbocycles. The predicted octanol–water partition coefficient (Wildman–Crippen LogP) is 6.01. The number of carbonyl (C=O) groups excluding carboxylic acids is 1. The van der Waals surface area contributed by atoms with Gasteiger partial charge in [0, 0.05) is 29.9 Å². The highest BCUT2D eigenvalue weighted by atomic mass is 19.4. The fourth-order valence-electron chi connectivity index (χ4n) is 2.84. The highest BCUT2D eigenvalue weighted by Crippen LogP contribution is 2.36. The summed E-state index contributed by atoms with van der Waals surface area (Å²) in [6.45, 7) is 5.91. The van der Waals surface area contributed by atoms with Crippen molar-refractivity contribution in [2.75, 3.05) is 6.54 Å². The number of halogens is 6. The maximum Gasteiger partial charge on any atom is 0.416 e. The summed E-state index contributed by atoms with van der Waals surface area (Å²) in [4.78, 5) is 12.4.